The fraction of sp³-hybridized carbons (Fsp3) is 0.571. The Bertz CT molecular complexity index is 919. The van der Waals surface area contributed by atoms with Crippen LogP contribution >= 0.6 is 11.3 Å². The Labute approximate surface area is 168 Å². The second kappa shape index (κ2) is 7.44. The molecule has 1 saturated heterocycles. The Morgan fingerprint density at radius 2 is 2.18 bits per heavy atom. The summed E-state index contributed by atoms with van der Waals surface area (Å²) >= 11 is 1.80. The summed E-state index contributed by atoms with van der Waals surface area (Å²) in [6.07, 6.45) is 4.88. The molecule has 6 nitrogen and oxygen atoms in total. The first-order valence-corrected chi connectivity index (χ1v) is 11.2. The lowest BCUT2D eigenvalue weighted by atomic mass is 9.96. The van der Waals surface area contributed by atoms with Crippen LogP contribution in [-0.4, -0.2) is 45.3 Å². The van der Waals surface area contributed by atoms with Gasteiger partial charge in [0.25, 0.3) is 5.56 Å². The highest BCUT2D eigenvalue weighted by molar-refractivity contribution is 7.09. The molecule has 3 aliphatic rings. The predicted octanol–water partition coefficient (Wildman–Crippen LogP) is 2.51. The lowest BCUT2D eigenvalue weighted by Gasteiger charge is -2.33. The molecular formula is C21H26N4O2S. The summed E-state index contributed by atoms with van der Waals surface area (Å²) in [5, 5.41) is 2.12. The summed E-state index contributed by atoms with van der Waals surface area (Å²) in [7, 11) is 0. The summed E-state index contributed by atoms with van der Waals surface area (Å²) in [5.41, 5.74) is 1.54. The number of amides is 1. The van der Waals surface area contributed by atoms with Crippen molar-refractivity contribution in [2.75, 3.05) is 19.6 Å². The van der Waals surface area contributed by atoms with Gasteiger partial charge < -0.3 is 9.88 Å². The number of aromatic amines is 1. The summed E-state index contributed by atoms with van der Waals surface area (Å²) in [6.45, 7) is 4.12. The van der Waals surface area contributed by atoms with Crippen LogP contribution in [0.5, 0.6) is 0 Å². The number of nitrogens with zero attached hydrogens (tertiary/aromatic N) is 3. The molecule has 1 N–H and O–H groups in total. The normalized spacial score (nSPS) is 22.9. The number of H-pyrrole nitrogens is 1. The molecule has 2 aliphatic heterocycles. The number of fused-ring (bicyclic) bond motifs is 1. The molecule has 1 saturated carbocycles. The van der Waals surface area contributed by atoms with E-state index in [1.807, 2.05) is 4.90 Å². The minimum Gasteiger partial charge on any atom is -0.337 e. The van der Waals surface area contributed by atoms with Crippen molar-refractivity contribution >= 4 is 17.2 Å². The van der Waals surface area contributed by atoms with Gasteiger partial charge in [-0.25, -0.2) is 4.98 Å². The van der Waals surface area contributed by atoms with E-state index in [2.05, 4.69) is 27.4 Å². The van der Waals surface area contributed by atoms with E-state index in [1.165, 1.54) is 4.88 Å². The number of hydrogen-bond donors (Lipinski definition) is 1. The van der Waals surface area contributed by atoms with E-state index < -0.39 is 0 Å². The van der Waals surface area contributed by atoms with Crippen molar-refractivity contribution in [2.24, 2.45) is 5.92 Å². The molecule has 0 bridgehead atoms. The lowest BCUT2D eigenvalue weighted by molar-refractivity contribution is -0.133. The third-order valence-electron chi connectivity index (χ3n) is 6.18. The van der Waals surface area contributed by atoms with E-state index in [0.717, 1.165) is 56.8 Å². The van der Waals surface area contributed by atoms with E-state index in [4.69, 9.17) is 4.98 Å². The quantitative estimate of drug-likeness (QED) is 0.859. The first-order chi connectivity index (χ1) is 13.7. The van der Waals surface area contributed by atoms with Gasteiger partial charge in [-0.3, -0.25) is 14.5 Å². The number of rotatable bonds is 4. The first kappa shape index (κ1) is 18.1. The minimum atomic E-state index is -0.0522. The highest BCUT2D eigenvalue weighted by Gasteiger charge is 2.35. The largest absolute Gasteiger partial charge is 0.337 e. The van der Waals surface area contributed by atoms with E-state index in [-0.39, 0.29) is 23.3 Å². The molecule has 1 amide bonds. The van der Waals surface area contributed by atoms with Crippen LogP contribution in [-0.2, 0) is 24.3 Å². The van der Waals surface area contributed by atoms with Gasteiger partial charge in [-0.1, -0.05) is 6.07 Å². The minimum absolute atomic E-state index is 0.0522. The van der Waals surface area contributed by atoms with Crippen LogP contribution in [0.2, 0.25) is 0 Å². The molecule has 1 aliphatic carbocycles. The van der Waals surface area contributed by atoms with Crippen molar-refractivity contribution in [1.29, 1.82) is 0 Å². The first-order valence-electron chi connectivity index (χ1n) is 10.3. The van der Waals surface area contributed by atoms with Gasteiger partial charge in [-0.05, 0) is 43.7 Å². The average Bonchev–Trinajstić information content (AvgIpc) is 3.44. The molecule has 0 radical (unpaired) electrons. The number of carbonyl (C=O) groups excluding carboxylic acids is 1. The van der Waals surface area contributed by atoms with Crippen LogP contribution in [0.4, 0.5) is 0 Å². The van der Waals surface area contributed by atoms with Gasteiger partial charge in [-0.2, -0.15) is 0 Å². The molecule has 7 heteroatoms. The smallest absolute Gasteiger partial charge is 0.256 e. The van der Waals surface area contributed by atoms with Crippen LogP contribution in [0.25, 0.3) is 0 Å². The van der Waals surface area contributed by atoms with Crippen LogP contribution in [0.15, 0.2) is 22.3 Å². The zero-order chi connectivity index (χ0) is 19.1. The second-order valence-corrected chi connectivity index (χ2v) is 9.35. The zero-order valence-electron chi connectivity index (χ0n) is 16.0. The summed E-state index contributed by atoms with van der Waals surface area (Å²) in [5.74, 6) is 1.52. The third-order valence-corrected chi connectivity index (χ3v) is 7.04. The molecule has 5 rings (SSSR count). The number of thiophene rings is 1. The van der Waals surface area contributed by atoms with Crippen molar-refractivity contribution in [3.05, 3.63) is 49.8 Å². The van der Waals surface area contributed by atoms with Crippen LogP contribution in [0.3, 0.4) is 0 Å². The Morgan fingerprint density at radius 1 is 1.29 bits per heavy atom. The molecule has 148 valence electrons. The Balaban J connectivity index is 1.32. The maximum Gasteiger partial charge on any atom is 0.256 e. The molecule has 1 atom stereocenters. The molecule has 0 aromatic carbocycles. The number of likely N-dealkylation sites (tertiary alicyclic amines) is 1. The van der Waals surface area contributed by atoms with E-state index >= 15 is 0 Å². The van der Waals surface area contributed by atoms with Crippen molar-refractivity contribution in [1.82, 2.24) is 19.8 Å². The van der Waals surface area contributed by atoms with Crippen molar-refractivity contribution in [2.45, 2.75) is 51.1 Å². The van der Waals surface area contributed by atoms with Crippen molar-refractivity contribution < 1.29 is 4.79 Å². The SMILES string of the molecule is O=C(C1CC1)N1CCc2nc([C@@H]3CCCN(Cc4cccs4)C3)[nH]c(=O)c2C1. The number of carbonyl (C=O) groups is 1. The topological polar surface area (TPSA) is 69.3 Å². The van der Waals surface area contributed by atoms with E-state index in [1.54, 1.807) is 11.3 Å². The fourth-order valence-electron chi connectivity index (χ4n) is 4.46. The zero-order valence-corrected chi connectivity index (χ0v) is 16.8. The highest BCUT2D eigenvalue weighted by atomic mass is 32.1. The Morgan fingerprint density at radius 3 is 2.96 bits per heavy atom. The highest BCUT2D eigenvalue weighted by Crippen LogP contribution is 2.32. The summed E-state index contributed by atoms with van der Waals surface area (Å²) < 4.78 is 0. The number of piperidine rings is 1. The number of aromatic nitrogens is 2. The van der Waals surface area contributed by atoms with Gasteiger partial charge in [0.1, 0.15) is 5.82 Å². The molecule has 2 aromatic rings. The van der Waals surface area contributed by atoms with Crippen molar-refractivity contribution in [3.63, 3.8) is 0 Å². The third kappa shape index (κ3) is 3.65. The fourth-order valence-corrected chi connectivity index (χ4v) is 5.21. The second-order valence-electron chi connectivity index (χ2n) is 8.31. The van der Waals surface area contributed by atoms with Crippen LogP contribution < -0.4 is 5.56 Å². The molecule has 2 fully saturated rings. The molecule has 0 unspecified atom stereocenters. The molecule has 4 heterocycles. The Hall–Kier alpha value is -1.99. The van der Waals surface area contributed by atoms with E-state index in [9.17, 15) is 9.59 Å². The maximum absolute atomic E-state index is 12.8. The Kier molecular flexibility index (Phi) is 4.80. The maximum atomic E-state index is 12.8. The molecule has 2 aromatic heterocycles. The molecule has 0 spiro atoms. The number of nitrogens with one attached hydrogen (secondary N) is 1. The molecule has 28 heavy (non-hydrogen) atoms. The number of hydrogen-bond acceptors (Lipinski definition) is 5. The van der Waals surface area contributed by atoms with Crippen molar-refractivity contribution in [3.8, 4) is 0 Å². The van der Waals surface area contributed by atoms with Gasteiger partial charge in [0.2, 0.25) is 5.91 Å². The lowest BCUT2D eigenvalue weighted by Crippen LogP contribution is -2.41. The van der Waals surface area contributed by atoms with Crippen LogP contribution in [0, 0.1) is 5.92 Å². The average molecular weight is 399 g/mol. The monoisotopic (exact) mass is 398 g/mol. The van der Waals surface area contributed by atoms with Gasteiger partial charge >= 0.3 is 0 Å². The van der Waals surface area contributed by atoms with Gasteiger partial charge in [0, 0.05) is 42.8 Å². The van der Waals surface area contributed by atoms with Gasteiger partial charge in [0.15, 0.2) is 0 Å². The van der Waals surface area contributed by atoms with Gasteiger partial charge in [-0.15, -0.1) is 11.3 Å². The molecular weight excluding hydrogens is 372 g/mol. The van der Waals surface area contributed by atoms with Crippen LogP contribution in [0.1, 0.15) is 53.6 Å². The summed E-state index contributed by atoms with van der Waals surface area (Å²) in [4.78, 5) is 38.7. The van der Waals surface area contributed by atoms with Gasteiger partial charge in [0.05, 0.1) is 17.8 Å². The summed E-state index contributed by atoms with van der Waals surface area (Å²) in [6, 6.07) is 4.28. The standard InChI is InChI=1S/C21H26N4O2S/c26-20-17-13-25(21(27)14-5-6-14)9-7-18(17)22-19(23-20)15-3-1-8-24(11-15)12-16-4-2-10-28-16/h2,4,10,14-15H,1,3,5-9,11-13H2,(H,22,23,26)/t15-/m1/s1. The predicted molar refractivity (Wildman–Crippen MR) is 108 cm³/mol. The van der Waals surface area contributed by atoms with E-state index in [0.29, 0.717) is 25.1 Å².